The van der Waals surface area contributed by atoms with E-state index in [0.29, 0.717) is 18.1 Å². The second-order valence-corrected chi connectivity index (χ2v) is 10.4. The number of hydrogen-bond donors (Lipinski definition) is 0. The lowest BCUT2D eigenvalue weighted by Crippen LogP contribution is -2.63. The predicted octanol–water partition coefficient (Wildman–Crippen LogP) is 3.94. The van der Waals surface area contributed by atoms with Crippen molar-refractivity contribution in [1.29, 1.82) is 0 Å². The fraction of sp³-hybridized carbons (Fsp3) is 0.484. The number of esters is 4. The molecule has 222 valence electrons. The number of ether oxygens (including phenoxy) is 6. The summed E-state index contributed by atoms with van der Waals surface area (Å²) in [7, 11) is 0. The van der Waals surface area contributed by atoms with Gasteiger partial charge in [0, 0.05) is 34.1 Å². The number of para-hydroxylation sites is 1. The van der Waals surface area contributed by atoms with Gasteiger partial charge in [-0.3, -0.25) is 19.2 Å². The van der Waals surface area contributed by atoms with Gasteiger partial charge >= 0.3 is 23.9 Å². The van der Waals surface area contributed by atoms with Crippen molar-refractivity contribution >= 4 is 23.9 Å². The van der Waals surface area contributed by atoms with Crippen molar-refractivity contribution in [3.05, 3.63) is 65.2 Å². The molecule has 1 heterocycles. The third-order valence-corrected chi connectivity index (χ3v) is 6.23. The van der Waals surface area contributed by atoms with E-state index >= 15 is 0 Å². The maximum atomic E-state index is 12.1. The van der Waals surface area contributed by atoms with E-state index in [1.54, 1.807) is 12.1 Å². The highest BCUT2D eigenvalue weighted by Gasteiger charge is 2.53. The lowest BCUT2D eigenvalue weighted by Gasteiger charge is -2.44. The van der Waals surface area contributed by atoms with Gasteiger partial charge in [-0.2, -0.15) is 0 Å². The van der Waals surface area contributed by atoms with Crippen molar-refractivity contribution in [2.24, 2.45) is 5.92 Å². The Bertz CT molecular complexity index is 1210. The molecule has 0 amide bonds. The average Bonchev–Trinajstić information content (AvgIpc) is 2.87. The van der Waals surface area contributed by atoms with Crippen LogP contribution in [0.2, 0.25) is 0 Å². The van der Waals surface area contributed by atoms with E-state index in [2.05, 4.69) is 38.1 Å². The Balaban J connectivity index is 1.94. The van der Waals surface area contributed by atoms with Gasteiger partial charge in [0.05, 0.1) is 0 Å². The third-order valence-electron chi connectivity index (χ3n) is 6.23. The summed E-state index contributed by atoms with van der Waals surface area (Å²) < 4.78 is 33.9. The van der Waals surface area contributed by atoms with E-state index in [1.165, 1.54) is 33.3 Å². The predicted molar refractivity (Wildman–Crippen MR) is 147 cm³/mol. The van der Waals surface area contributed by atoms with Crippen LogP contribution in [-0.2, 0) is 55.7 Å². The first-order chi connectivity index (χ1) is 19.4. The molecule has 3 rings (SSSR count). The minimum absolute atomic E-state index is 0.331. The molecule has 0 aromatic heterocycles. The molecule has 1 saturated heterocycles. The van der Waals surface area contributed by atoms with E-state index < -0.39 is 54.6 Å². The number of carbonyl (C=O) groups is 4. The van der Waals surface area contributed by atoms with E-state index in [9.17, 15) is 19.2 Å². The van der Waals surface area contributed by atoms with Crippen molar-refractivity contribution < 1.29 is 47.6 Å². The molecule has 0 saturated carbocycles. The van der Waals surface area contributed by atoms with Crippen LogP contribution < -0.4 is 4.74 Å². The molecule has 0 N–H and O–H groups in total. The standard InChI is InChI=1S/C31H38O10/c1-18(2)15-23-11-13-24(14-12-23)16-25-9-7-8-10-26(25)40-31-30(39-22(6)35)29(38-21(5)34)28(37-20(4)33)27(41-31)17-36-19(3)32/h7-14,18,27-31H,15-17H2,1-6H3/t27-,28-,29+,30-,31+/m1/s1. The molecule has 2 aromatic rings. The number of benzene rings is 2. The highest BCUT2D eigenvalue weighted by atomic mass is 16.7. The van der Waals surface area contributed by atoms with Gasteiger partial charge in [0.15, 0.2) is 12.2 Å². The highest BCUT2D eigenvalue weighted by Crippen LogP contribution is 2.32. The van der Waals surface area contributed by atoms with E-state index in [0.717, 1.165) is 17.5 Å². The summed E-state index contributed by atoms with van der Waals surface area (Å²) in [4.78, 5) is 47.7. The molecule has 1 aliphatic rings. The highest BCUT2D eigenvalue weighted by molar-refractivity contribution is 5.68. The van der Waals surface area contributed by atoms with Gasteiger partial charge < -0.3 is 28.4 Å². The third kappa shape index (κ3) is 9.60. The second-order valence-electron chi connectivity index (χ2n) is 10.4. The monoisotopic (exact) mass is 570 g/mol. The van der Waals surface area contributed by atoms with Crippen LogP contribution in [0.3, 0.4) is 0 Å². The van der Waals surface area contributed by atoms with Crippen molar-refractivity contribution in [3.63, 3.8) is 0 Å². The number of carbonyl (C=O) groups excluding carboxylic acids is 4. The molecule has 41 heavy (non-hydrogen) atoms. The van der Waals surface area contributed by atoms with E-state index in [1.807, 2.05) is 12.1 Å². The topological polar surface area (TPSA) is 124 Å². The van der Waals surface area contributed by atoms with Crippen LogP contribution in [0.15, 0.2) is 48.5 Å². The Hall–Kier alpha value is -3.92. The SMILES string of the molecule is CC(=O)OC[C@H]1O[C@H](Oc2ccccc2Cc2ccc(CC(C)C)cc2)[C@H](OC(C)=O)[C@@H](OC(C)=O)[C@@H]1OC(C)=O. The van der Waals surface area contributed by atoms with Crippen molar-refractivity contribution in [3.8, 4) is 5.75 Å². The lowest BCUT2D eigenvalue weighted by atomic mass is 9.97. The molecule has 0 aliphatic carbocycles. The molecule has 0 radical (unpaired) electrons. The summed E-state index contributed by atoms with van der Waals surface area (Å²) >= 11 is 0. The zero-order chi connectivity index (χ0) is 30.1. The molecule has 1 fully saturated rings. The summed E-state index contributed by atoms with van der Waals surface area (Å²) in [5.74, 6) is -1.70. The molecule has 0 bridgehead atoms. The molecular weight excluding hydrogens is 532 g/mol. The molecule has 2 aromatic carbocycles. The van der Waals surface area contributed by atoms with Gasteiger partial charge in [0.1, 0.15) is 18.5 Å². The molecule has 0 spiro atoms. The lowest BCUT2D eigenvalue weighted by molar-refractivity contribution is -0.288. The Morgan fingerprint density at radius 3 is 1.88 bits per heavy atom. The quantitative estimate of drug-likeness (QED) is 0.290. The van der Waals surface area contributed by atoms with Crippen LogP contribution >= 0.6 is 0 Å². The van der Waals surface area contributed by atoms with Crippen LogP contribution in [0.25, 0.3) is 0 Å². The molecule has 5 atom stereocenters. The van der Waals surface area contributed by atoms with Crippen molar-refractivity contribution in [2.45, 2.75) is 85.1 Å². The molecular formula is C31H38O10. The van der Waals surface area contributed by atoms with Gasteiger partial charge in [-0.25, -0.2) is 0 Å². The normalized spacial score (nSPS) is 22.0. The maximum absolute atomic E-state index is 12.1. The largest absolute Gasteiger partial charge is 0.463 e. The zero-order valence-electron chi connectivity index (χ0n) is 24.3. The van der Waals surface area contributed by atoms with Crippen LogP contribution in [0.4, 0.5) is 0 Å². The van der Waals surface area contributed by atoms with Gasteiger partial charge in [-0.1, -0.05) is 56.3 Å². The maximum Gasteiger partial charge on any atom is 0.303 e. The molecule has 10 nitrogen and oxygen atoms in total. The summed E-state index contributed by atoms with van der Waals surface area (Å²) in [5.41, 5.74) is 3.15. The summed E-state index contributed by atoms with van der Waals surface area (Å²) in [6, 6.07) is 15.7. The number of rotatable bonds is 11. The Morgan fingerprint density at radius 2 is 1.29 bits per heavy atom. The summed E-state index contributed by atoms with van der Waals surface area (Å²) in [6.45, 7) is 8.76. The molecule has 0 unspecified atom stereocenters. The summed E-state index contributed by atoms with van der Waals surface area (Å²) in [6.07, 6.45) is -4.72. The van der Waals surface area contributed by atoms with Crippen molar-refractivity contribution in [2.75, 3.05) is 6.61 Å². The van der Waals surface area contributed by atoms with Gasteiger partial charge in [-0.05, 0) is 35.1 Å². The summed E-state index contributed by atoms with van der Waals surface area (Å²) in [5, 5.41) is 0. The van der Waals surface area contributed by atoms with Crippen LogP contribution in [0, 0.1) is 5.92 Å². The Labute approximate surface area is 240 Å². The zero-order valence-corrected chi connectivity index (χ0v) is 24.3. The van der Waals surface area contributed by atoms with Crippen LogP contribution in [0.5, 0.6) is 5.75 Å². The van der Waals surface area contributed by atoms with Gasteiger partial charge in [-0.15, -0.1) is 0 Å². The molecule has 10 heteroatoms. The fourth-order valence-electron chi connectivity index (χ4n) is 4.66. The molecule has 1 aliphatic heterocycles. The minimum atomic E-state index is -1.31. The first-order valence-corrected chi connectivity index (χ1v) is 13.6. The Morgan fingerprint density at radius 1 is 0.732 bits per heavy atom. The first kappa shape index (κ1) is 31.6. The average molecular weight is 571 g/mol. The van der Waals surface area contributed by atoms with Gasteiger partial charge in [0.25, 0.3) is 0 Å². The second kappa shape index (κ2) is 14.6. The van der Waals surface area contributed by atoms with E-state index in [-0.39, 0.29) is 6.61 Å². The number of hydrogen-bond acceptors (Lipinski definition) is 10. The van der Waals surface area contributed by atoms with Crippen LogP contribution in [0.1, 0.15) is 58.2 Å². The first-order valence-electron chi connectivity index (χ1n) is 13.6. The smallest absolute Gasteiger partial charge is 0.303 e. The van der Waals surface area contributed by atoms with Gasteiger partial charge in [0.2, 0.25) is 12.4 Å². The fourth-order valence-corrected chi connectivity index (χ4v) is 4.66. The van der Waals surface area contributed by atoms with Crippen LogP contribution in [-0.4, -0.2) is 61.2 Å². The van der Waals surface area contributed by atoms with E-state index in [4.69, 9.17) is 28.4 Å². The van der Waals surface area contributed by atoms with Crippen molar-refractivity contribution in [1.82, 2.24) is 0 Å². The minimum Gasteiger partial charge on any atom is -0.463 e. The Kier molecular flexibility index (Phi) is 11.3.